The van der Waals surface area contributed by atoms with E-state index in [0.717, 1.165) is 12.8 Å². The standard InChI is InChI=1S/C26H28/c1-5-7-21(6-2)24-16-25(22-12-8-19(3)9-13-22)18-26(17-24)23-14-10-20(4)11-15-23/h5-10,12-14,16-18H,11,15H2,1-4H3/b7-5-,21-6+. The average molecular weight is 341 g/mol. The maximum absolute atomic E-state index is 2.34. The van der Waals surface area contributed by atoms with Gasteiger partial charge in [0.15, 0.2) is 0 Å². The molecular weight excluding hydrogens is 312 g/mol. The van der Waals surface area contributed by atoms with Crippen molar-refractivity contribution < 1.29 is 0 Å². The fourth-order valence-electron chi connectivity index (χ4n) is 3.41. The van der Waals surface area contributed by atoms with Crippen LogP contribution in [0.1, 0.15) is 50.3 Å². The normalized spacial score (nSPS) is 15.2. The highest BCUT2D eigenvalue weighted by atomic mass is 14.2. The average Bonchev–Trinajstić information content (AvgIpc) is 2.67. The van der Waals surface area contributed by atoms with Crippen LogP contribution in [0.15, 0.2) is 78.4 Å². The van der Waals surface area contributed by atoms with Crippen LogP contribution in [-0.4, -0.2) is 0 Å². The van der Waals surface area contributed by atoms with Crippen LogP contribution in [0, 0.1) is 6.92 Å². The van der Waals surface area contributed by atoms with Gasteiger partial charge in [-0.25, -0.2) is 0 Å². The number of rotatable bonds is 4. The van der Waals surface area contributed by atoms with Gasteiger partial charge in [-0.1, -0.05) is 65.8 Å². The van der Waals surface area contributed by atoms with E-state index in [1.54, 1.807) is 0 Å². The van der Waals surface area contributed by atoms with E-state index in [4.69, 9.17) is 0 Å². The van der Waals surface area contributed by atoms with E-state index in [1.807, 2.05) is 0 Å². The lowest BCUT2D eigenvalue weighted by Crippen LogP contribution is -1.94. The van der Waals surface area contributed by atoms with Gasteiger partial charge in [-0.15, -0.1) is 0 Å². The number of hydrogen-bond acceptors (Lipinski definition) is 0. The maximum atomic E-state index is 2.34. The molecule has 0 nitrogen and oxygen atoms in total. The minimum Gasteiger partial charge on any atom is -0.0871 e. The van der Waals surface area contributed by atoms with Crippen molar-refractivity contribution in [2.24, 2.45) is 0 Å². The zero-order valence-electron chi connectivity index (χ0n) is 16.3. The van der Waals surface area contributed by atoms with Gasteiger partial charge >= 0.3 is 0 Å². The highest BCUT2D eigenvalue weighted by molar-refractivity contribution is 5.82. The van der Waals surface area contributed by atoms with E-state index < -0.39 is 0 Å². The first kappa shape index (κ1) is 18.2. The van der Waals surface area contributed by atoms with Crippen LogP contribution in [0.5, 0.6) is 0 Å². The highest BCUT2D eigenvalue weighted by Crippen LogP contribution is 2.33. The zero-order valence-corrected chi connectivity index (χ0v) is 16.3. The third-order valence-electron chi connectivity index (χ3n) is 5.04. The van der Waals surface area contributed by atoms with Gasteiger partial charge in [0.25, 0.3) is 0 Å². The van der Waals surface area contributed by atoms with Crippen LogP contribution in [0.25, 0.3) is 22.3 Å². The Morgan fingerprint density at radius 3 is 2.15 bits per heavy atom. The summed E-state index contributed by atoms with van der Waals surface area (Å²) >= 11 is 0. The van der Waals surface area contributed by atoms with Crippen LogP contribution < -0.4 is 0 Å². The topological polar surface area (TPSA) is 0 Å². The second kappa shape index (κ2) is 8.19. The minimum absolute atomic E-state index is 1.12. The molecule has 0 aromatic heterocycles. The van der Waals surface area contributed by atoms with Crippen molar-refractivity contribution in [3.8, 4) is 11.1 Å². The Morgan fingerprint density at radius 1 is 0.808 bits per heavy atom. The van der Waals surface area contributed by atoms with Crippen LogP contribution in [0.3, 0.4) is 0 Å². The van der Waals surface area contributed by atoms with Crippen LogP contribution in [0.2, 0.25) is 0 Å². The molecule has 0 aliphatic heterocycles. The lowest BCUT2D eigenvalue weighted by molar-refractivity contribution is 0.977. The Bertz CT molecular complexity index is 900. The molecule has 2 aromatic carbocycles. The fourth-order valence-corrected chi connectivity index (χ4v) is 3.41. The largest absolute Gasteiger partial charge is 0.0871 e. The molecule has 0 heteroatoms. The van der Waals surface area contributed by atoms with E-state index in [-0.39, 0.29) is 0 Å². The molecule has 0 unspecified atom stereocenters. The molecule has 0 saturated heterocycles. The van der Waals surface area contributed by atoms with Gasteiger partial charge in [0.1, 0.15) is 0 Å². The Labute approximate surface area is 158 Å². The van der Waals surface area contributed by atoms with Gasteiger partial charge in [0, 0.05) is 0 Å². The summed E-state index contributed by atoms with van der Waals surface area (Å²) in [4.78, 5) is 0. The molecule has 0 fully saturated rings. The Balaban J connectivity index is 2.15. The second-order valence-corrected chi connectivity index (χ2v) is 7.11. The van der Waals surface area contributed by atoms with Gasteiger partial charge in [-0.05, 0) is 92.1 Å². The molecule has 0 bridgehead atoms. The first-order chi connectivity index (χ1) is 12.6. The predicted molar refractivity (Wildman–Crippen MR) is 116 cm³/mol. The summed E-state index contributed by atoms with van der Waals surface area (Å²) in [6.07, 6.45) is 13.3. The summed E-state index contributed by atoms with van der Waals surface area (Å²) in [5.74, 6) is 0. The molecule has 0 radical (unpaired) electrons. The maximum Gasteiger partial charge on any atom is -0.0172 e. The number of benzene rings is 2. The lowest BCUT2D eigenvalue weighted by Gasteiger charge is -2.16. The zero-order chi connectivity index (χ0) is 18.5. The number of hydrogen-bond donors (Lipinski definition) is 0. The SMILES string of the molecule is C/C=C\C(=C/C)c1cc(C2=CC=C(C)CC2)cc(-c2ccc(C)cc2)c1. The molecule has 3 rings (SSSR count). The van der Waals surface area contributed by atoms with Gasteiger partial charge < -0.3 is 0 Å². The molecule has 1 aliphatic carbocycles. The Morgan fingerprint density at radius 2 is 1.54 bits per heavy atom. The minimum atomic E-state index is 1.12. The van der Waals surface area contributed by atoms with Crippen molar-refractivity contribution in [2.45, 2.75) is 40.5 Å². The van der Waals surface area contributed by atoms with E-state index in [0.29, 0.717) is 0 Å². The molecule has 0 N–H and O–H groups in total. The summed E-state index contributed by atoms with van der Waals surface area (Å²) in [6.45, 7) is 8.54. The van der Waals surface area contributed by atoms with Crippen molar-refractivity contribution in [3.05, 3.63) is 95.1 Å². The molecule has 1 aliphatic rings. The lowest BCUT2D eigenvalue weighted by atomic mass is 9.89. The third-order valence-corrected chi connectivity index (χ3v) is 5.04. The molecule has 0 saturated carbocycles. The highest BCUT2D eigenvalue weighted by Gasteiger charge is 2.11. The van der Waals surface area contributed by atoms with Crippen molar-refractivity contribution in [3.63, 3.8) is 0 Å². The molecule has 26 heavy (non-hydrogen) atoms. The van der Waals surface area contributed by atoms with Gasteiger partial charge in [0.05, 0.1) is 0 Å². The predicted octanol–water partition coefficient (Wildman–Crippen LogP) is 7.76. The Kier molecular flexibility index (Phi) is 5.73. The van der Waals surface area contributed by atoms with Crippen molar-refractivity contribution >= 4 is 11.1 Å². The molecule has 0 heterocycles. The first-order valence-electron chi connectivity index (χ1n) is 9.49. The Hall–Kier alpha value is -2.60. The van der Waals surface area contributed by atoms with Crippen molar-refractivity contribution in [2.75, 3.05) is 0 Å². The molecular formula is C26H28. The summed E-state index contributed by atoms with van der Waals surface area (Å²) in [7, 11) is 0. The molecule has 0 amide bonds. The van der Waals surface area contributed by atoms with E-state index in [9.17, 15) is 0 Å². The summed E-state index contributed by atoms with van der Waals surface area (Å²) in [5.41, 5.74) is 10.6. The first-order valence-corrected chi connectivity index (χ1v) is 9.49. The quantitative estimate of drug-likeness (QED) is 0.499. The number of aryl methyl sites for hydroxylation is 1. The van der Waals surface area contributed by atoms with Gasteiger partial charge in [-0.2, -0.15) is 0 Å². The van der Waals surface area contributed by atoms with Crippen LogP contribution in [-0.2, 0) is 0 Å². The van der Waals surface area contributed by atoms with Crippen LogP contribution >= 0.6 is 0 Å². The van der Waals surface area contributed by atoms with E-state index in [1.165, 1.54) is 44.5 Å². The fraction of sp³-hybridized carbons (Fsp3) is 0.231. The molecule has 132 valence electrons. The number of allylic oxidation sites excluding steroid dienone is 8. The second-order valence-electron chi connectivity index (χ2n) is 7.11. The van der Waals surface area contributed by atoms with Gasteiger partial charge in [0.2, 0.25) is 0 Å². The smallest absolute Gasteiger partial charge is 0.0172 e. The van der Waals surface area contributed by atoms with E-state index >= 15 is 0 Å². The molecule has 0 atom stereocenters. The van der Waals surface area contributed by atoms with E-state index in [2.05, 4.69) is 101 Å². The van der Waals surface area contributed by atoms with Crippen LogP contribution in [0.4, 0.5) is 0 Å². The summed E-state index contributed by atoms with van der Waals surface area (Å²) in [6, 6.07) is 15.8. The monoisotopic (exact) mass is 340 g/mol. The van der Waals surface area contributed by atoms with Crippen molar-refractivity contribution in [1.82, 2.24) is 0 Å². The molecule has 0 spiro atoms. The van der Waals surface area contributed by atoms with Gasteiger partial charge in [-0.3, -0.25) is 0 Å². The summed E-state index contributed by atoms with van der Waals surface area (Å²) in [5, 5.41) is 0. The molecule has 2 aromatic rings. The van der Waals surface area contributed by atoms with Crippen molar-refractivity contribution in [1.29, 1.82) is 0 Å². The summed E-state index contributed by atoms with van der Waals surface area (Å²) < 4.78 is 0. The third kappa shape index (κ3) is 4.14.